The van der Waals surface area contributed by atoms with Crippen LogP contribution in [-0.2, 0) is 13.0 Å². The van der Waals surface area contributed by atoms with Gasteiger partial charge in [0.05, 0.1) is 13.2 Å². The highest BCUT2D eigenvalue weighted by Crippen LogP contribution is 2.40. The topological polar surface area (TPSA) is 21.7 Å². The third-order valence-corrected chi connectivity index (χ3v) is 5.09. The van der Waals surface area contributed by atoms with Crippen LogP contribution < -0.4 is 9.47 Å². The minimum absolute atomic E-state index is 0.136. The van der Waals surface area contributed by atoms with E-state index in [1.165, 1.54) is 16.7 Å². The Labute approximate surface area is 151 Å². The molecule has 2 atom stereocenters. The van der Waals surface area contributed by atoms with Crippen LogP contribution in [0.25, 0.3) is 0 Å². The Kier molecular flexibility index (Phi) is 5.33. The maximum atomic E-state index is 6.12. The fourth-order valence-corrected chi connectivity index (χ4v) is 3.75. The zero-order valence-electron chi connectivity index (χ0n) is 16.0. The standard InChI is InChI=1S/C22H29NO2/c1-15(2)25-22-20-13-16(3)23(14-19(20)11-12-21(22)24-5)17(4)18-9-7-6-8-10-18/h6-12,15-17H,13-14H2,1-5H3/t16?,17-/m1/s1. The minimum Gasteiger partial charge on any atom is -0.493 e. The second-order valence-electron chi connectivity index (χ2n) is 7.21. The van der Waals surface area contributed by atoms with Gasteiger partial charge in [-0.05, 0) is 51.3 Å². The fourth-order valence-electron chi connectivity index (χ4n) is 3.75. The lowest BCUT2D eigenvalue weighted by Gasteiger charge is -2.40. The molecule has 0 radical (unpaired) electrons. The average Bonchev–Trinajstić information content (AvgIpc) is 2.61. The number of nitrogens with zero attached hydrogens (tertiary/aromatic N) is 1. The molecular weight excluding hydrogens is 310 g/mol. The second-order valence-corrected chi connectivity index (χ2v) is 7.21. The van der Waals surface area contributed by atoms with Crippen LogP contribution >= 0.6 is 0 Å². The van der Waals surface area contributed by atoms with E-state index in [1.807, 2.05) is 6.07 Å². The first-order valence-electron chi connectivity index (χ1n) is 9.17. The van der Waals surface area contributed by atoms with Crippen molar-refractivity contribution in [2.45, 2.75) is 58.8 Å². The molecule has 0 spiro atoms. The third kappa shape index (κ3) is 3.67. The quantitative estimate of drug-likeness (QED) is 0.766. The van der Waals surface area contributed by atoms with E-state index in [0.29, 0.717) is 12.1 Å². The Morgan fingerprint density at radius 3 is 2.40 bits per heavy atom. The van der Waals surface area contributed by atoms with Gasteiger partial charge >= 0.3 is 0 Å². The average molecular weight is 339 g/mol. The Bertz CT molecular complexity index is 711. The summed E-state index contributed by atoms with van der Waals surface area (Å²) in [7, 11) is 1.71. The summed E-state index contributed by atoms with van der Waals surface area (Å²) in [5.41, 5.74) is 4.01. The molecule has 0 saturated heterocycles. The van der Waals surface area contributed by atoms with Gasteiger partial charge in [0.25, 0.3) is 0 Å². The molecule has 25 heavy (non-hydrogen) atoms. The van der Waals surface area contributed by atoms with E-state index in [2.05, 4.69) is 69.0 Å². The molecule has 2 aromatic carbocycles. The van der Waals surface area contributed by atoms with E-state index in [0.717, 1.165) is 24.5 Å². The Morgan fingerprint density at radius 1 is 1.04 bits per heavy atom. The molecule has 2 aromatic rings. The fraction of sp³-hybridized carbons (Fsp3) is 0.455. The zero-order valence-corrected chi connectivity index (χ0v) is 16.0. The largest absolute Gasteiger partial charge is 0.493 e. The van der Waals surface area contributed by atoms with Gasteiger partial charge < -0.3 is 9.47 Å². The first-order chi connectivity index (χ1) is 12.0. The van der Waals surface area contributed by atoms with Crippen molar-refractivity contribution in [1.29, 1.82) is 0 Å². The Balaban J connectivity index is 1.93. The van der Waals surface area contributed by atoms with Crippen LogP contribution in [0.2, 0.25) is 0 Å². The van der Waals surface area contributed by atoms with Gasteiger partial charge in [-0.15, -0.1) is 0 Å². The Hall–Kier alpha value is -2.00. The number of fused-ring (bicyclic) bond motifs is 1. The maximum absolute atomic E-state index is 6.12. The number of methoxy groups -OCH3 is 1. The van der Waals surface area contributed by atoms with Crippen molar-refractivity contribution >= 4 is 0 Å². The SMILES string of the molecule is COc1ccc2c(c1OC(C)C)CC(C)N([C@H](C)c1ccccc1)C2. The van der Waals surface area contributed by atoms with Crippen molar-refractivity contribution < 1.29 is 9.47 Å². The summed E-state index contributed by atoms with van der Waals surface area (Å²) in [6.45, 7) is 9.67. The van der Waals surface area contributed by atoms with Gasteiger partial charge in [0, 0.05) is 24.2 Å². The van der Waals surface area contributed by atoms with Gasteiger partial charge in [0.15, 0.2) is 11.5 Å². The van der Waals surface area contributed by atoms with Crippen molar-refractivity contribution in [3.05, 3.63) is 59.2 Å². The van der Waals surface area contributed by atoms with Crippen molar-refractivity contribution in [3.8, 4) is 11.5 Å². The van der Waals surface area contributed by atoms with Gasteiger partial charge in [-0.1, -0.05) is 36.4 Å². The number of hydrogen-bond acceptors (Lipinski definition) is 3. The van der Waals surface area contributed by atoms with Gasteiger partial charge in [-0.3, -0.25) is 4.90 Å². The smallest absolute Gasteiger partial charge is 0.165 e. The van der Waals surface area contributed by atoms with Crippen molar-refractivity contribution in [2.75, 3.05) is 7.11 Å². The maximum Gasteiger partial charge on any atom is 0.165 e. The summed E-state index contributed by atoms with van der Waals surface area (Å²) in [5, 5.41) is 0. The minimum atomic E-state index is 0.136. The lowest BCUT2D eigenvalue weighted by molar-refractivity contribution is 0.128. The normalized spacial score (nSPS) is 18.7. The molecule has 1 aliphatic heterocycles. The van der Waals surface area contributed by atoms with Gasteiger partial charge in [0.2, 0.25) is 0 Å². The van der Waals surface area contributed by atoms with Gasteiger partial charge in [-0.2, -0.15) is 0 Å². The predicted octanol–water partition coefficient (Wildman–Crippen LogP) is 4.99. The van der Waals surface area contributed by atoms with Crippen LogP contribution in [0.15, 0.2) is 42.5 Å². The van der Waals surface area contributed by atoms with Crippen molar-refractivity contribution in [1.82, 2.24) is 4.90 Å². The number of benzene rings is 2. The first kappa shape index (κ1) is 17.8. The van der Waals surface area contributed by atoms with E-state index in [4.69, 9.17) is 9.47 Å². The molecule has 3 nitrogen and oxygen atoms in total. The monoisotopic (exact) mass is 339 g/mol. The molecule has 0 aromatic heterocycles. The molecule has 0 bridgehead atoms. The van der Waals surface area contributed by atoms with E-state index in [1.54, 1.807) is 7.11 Å². The van der Waals surface area contributed by atoms with Gasteiger partial charge in [0.1, 0.15) is 0 Å². The molecule has 0 aliphatic carbocycles. The number of rotatable bonds is 5. The Morgan fingerprint density at radius 2 is 1.76 bits per heavy atom. The van der Waals surface area contributed by atoms with Crippen molar-refractivity contribution in [3.63, 3.8) is 0 Å². The summed E-state index contributed by atoms with van der Waals surface area (Å²) >= 11 is 0. The first-order valence-corrected chi connectivity index (χ1v) is 9.17. The summed E-state index contributed by atoms with van der Waals surface area (Å²) in [6, 6.07) is 15.8. The molecule has 0 N–H and O–H groups in total. The molecule has 134 valence electrons. The van der Waals surface area contributed by atoms with E-state index < -0.39 is 0 Å². The number of hydrogen-bond donors (Lipinski definition) is 0. The highest BCUT2D eigenvalue weighted by molar-refractivity contribution is 5.52. The van der Waals surface area contributed by atoms with Crippen LogP contribution in [0.3, 0.4) is 0 Å². The zero-order chi connectivity index (χ0) is 18.0. The second kappa shape index (κ2) is 7.49. The summed E-state index contributed by atoms with van der Waals surface area (Å²) in [5.74, 6) is 1.76. The van der Waals surface area contributed by atoms with Crippen LogP contribution in [0.1, 0.15) is 50.4 Å². The molecule has 0 saturated carbocycles. The van der Waals surface area contributed by atoms with E-state index in [-0.39, 0.29) is 6.10 Å². The molecule has 1 unspecified atom stereocenters. The van der Waals surface area contributed by atoms with Crippen LogP contribution in [-0.4, -0.2) is 24.2 Å². The molecule has 3 rings (SSSR count). The molecule has 0 fully saturated rings. The van der Waals surface area contributed by atoms with Crippen LogP contribution in [0, 0.1) is 0 Å². The predicted molar refractivity (Wildman–Crippen MR) is 102 cm³/mol. The summed E-state index contributed by atoms with van der Waals surface area (Å²) in [6.07, 6.45) is 1.11. The summed E-state index contributed by atoms with van der Waals surface area (Å²) in [4.78, 5) is 2.57. The lowest BCUT2D eigenvalue weighted by Crippen LogP contribution is -2.40. The van der Waals surface area contributed by atoms with E-state index in [9.17, 15) is 0 Å². The van der Waals surface area contributed by atoms with Crippen LogP contribution in [0.4, 0.5) is 0 Å². The highest BCUT2D eigenvalue weighted by atomic mass is 16.5. The van der Waals surface area contributed by atoms with E-state index >= 15 is 0 Å². The molecule has 3 heteroatoms. The molecule has 1 heterocycles. The van der Waals surface area contributed by atoms with Crippen LogP contribution in [0.5, 0.6) is 11.5 Å². The lowest BCUT2D eigenvalue weighted by atomic mass is 9.91. The van der Waals surface area contributed by atoms with Crippen molar-refractivity contribution in [2.24, 2.45) is 0 Å². The summed E-state index contributed by atoms with van der Waals surface area (Å²) < 4.78 is 11.7. The molecule has 1 aliphatic rings. The highest BCUT2D eigenvalue weighted by Gasteiger charge is 2.30. The molecular formula is C22H29NO2. The third-order valence-electron chi connectivity index (χ3n) is 5.09. The van der Waals surface area contributed by atoms with Gasteiger partial charge in [-0.25, -0.2) is 0 Å². The number of ether oxygens (including phenoxy) is 2. The molecule has 0 amide bonds.